The van der Waals surface area contributed by atoms with Gasteiger partial charge in [0, 0.05) is 36.3 Å². The number of nitrogens with zero attached hydrogens (tertiary/aromatic N) is 3. The third kappa shape index (κ3) is 4.12. The third-order valence-corrected chi connectivity index (χ3v) is 4.66. The highest BCUT2D eigenvalue weighted by Gasteiger charge is 2.14. The highest BCUT2D eigenvalue weighted by Crippen LogP contribution is 2.22. The van der Waals surface area contributed by atoms with E-state index in [1.54, 1.807) is 48.4 Å². The largest absolute Gasteiger partial charge is 0.347 e. The Morgan fingerprint density at radius 3 is 2.80 bits per heavy atom. The number of aromatic nitrogens is 3. The number of hydrogen-bond donors (Lipinski definition) is 1. The van der Waals surface area contributed by atoms with Crippen LogP contribution in [0.3, 0.4) is 0 Å². The molecule has 2 heterocycles. The van der Waals surface area contributed by atoms with Crippen molar-refractivity contribution in [3.63, 3.8) is 0 Å². The first kappa shape index (κ1) is 17.3. The van der Waals surface area contributed by atoms with Crippen molar-refractivity contribution in [3.8, 4) is 5.69 Å². The second-order valence-electron chi connectivity index (χ2n) is 5.23. The van der Waals surface area contributed by atoms with Gasteiger partial charge in [-0.15, -0.1) is 0 Å². The van der Waals surface area contributed by atoms with Gasteiger partial charge in [-0.05, 0) is 30.3 Å². The molecule has 0 saturated carbocycles. The quantitative estimate of drug-likeness (QED) is 0.697. The fourth-order valence-electron chi connectivity index (χ4n) is 2.27. The second kappa shape index (κ2) is 7.58. The molecule has 1 aromatic carbocycles. The number of benzene rings is 1. The van der Waals surface area contributed by atoms with Crippen LogP contribution in [-0.2, 0) is 11.8 Å². The minimum absolute atomic E-state index is 0.0771. The van der Waals surface area contributed by atoms with Crippen molar-refractivity contribution in [2.75, 3.05) is 5.75 Å². The number of aryl methyl sites for hydroxylation is 1. The van der Waals surface area contributed by atoms with Gasteiger partial charge in [-0.3, -0.25) is 19.5 Å². The first-order valence-electron chi connectivity index (χ1n) is 7.42. The number of nitrogens with one attached hydrogen (secondary N) is 1. The molecule has 2 aromatic heterocycles. The molecular weight excluding hydrogens is 360 g/mol. The van der Waals surface area contributed by atoms with Gasteiger partial charge in [0.05, 0.1) is 5.75 Å². The Kier molecular flexibility index (Phi) is 5.25. The van der Waals surface area contributed by atoms with Gasteiger partial charge in [0.15, 0.2) is 5.16 Å². The molecule has 3 aromatic rings. The van der Waals surface area contributed by atoms with E-state index in [2.05, 4.69) is 10.3 Å². The number of imidazole rings is 1. The summed E-state index contributed by atoms with van der Waals surface area (Å²) in [5.74, 6) is -0.721. The van der Waals surface area contributed by atoms with Crippen LogP contribution in [0.5, 0.6) is 0 Å². The second-order valence-corrected chi connectivity index (χ2v) is 6.61. The fraction of sp³-hybridized carbons (Fsp3) is 0.118. The summed E-state index contributed by atoms with van der Waals surface area (Å²) in [5, 5.41) is 3.64. The monoisotopic (exact) mass is 374 g/mol. The summed E-state index contributed by atoms with van der Waals surface area (Å²) in [5.41, 5.74) is 1.28. The molecule has 128 valence electrons. The van der Waals surface area contributed by atoms with Crippen molar-refractivity contribution in [1.82, 2.24) is 19.4 Å². The minimum Gasteiger partial charge on any atom is -0.347 e. The van der Waals surface area contributed by atoms with Crippen LogP contribution in [0.1, 0.15) is 10.5 Å². The van der Waals surface area contributed by atoms with Crippen LogP contribution in [0, 0.1) is 0 Å². The molecule has 8 heteroatoms. The van der Waals surface area contributed by atoms with Crippen molar-refractivity contribution in [3.05, 3.63) is 65.7 Å². The summed E-state index contributed by atoms with van der Waals surface area (Å²) in [6.45, 7) is 0. The van der Waals surface area contributed by atoms with E-state index in [0.29, 0.717) is 15.9 Å². The molecule has 0 aliphatic carbocycles. The van der Waals surface area contributed by atoms with Gasteiger partial charge >= 0.3 is 0 Å². The summed E-state index contributed by atoms with van der Waals surface area (Å²) >= 11 is 7.26. The predicted molar refractivity (Wildman–Crippen MR) is 97.2 cm³/mol. The first-order valence-corrected chi connectivity index (χ1v) is 8.78. The lowest BCUT2D eigenvalue weighted by atomic mass is 10.3. The van der Waals surface area contributed by atoms with E-state index >= 15 is 0 Å². The molecule has 1 N–H and O–H groups in total. The molecule has 25 heavy (non-hydrogen) atoms. The van der Waals surface area contributed by atoms with Gasteiger partial charge in [-0.1, -0.05) is 29.4 Å². The zero-order chi connectivity index (χ0) is 17.8. The molecule has 6 nitrogen and oxygen atoms in total. The van der Waals surface area contributed by atoms with Crippen molar-refractivity contribution in [1.29, 1.82) is 0 Å². The zero-order valence-corrected chi connectivity index (χ0v) is 14.9. The van der Waals surface area contributed by atoms with Crippen LogP contribution in [-0.4, -0.2) is 31.7 Å². The van der Waals surface area contributed by atoms with E-state index < -0.39 is 5.91 Å². The van der Waals surface area contributed by atoms with E-state index in [4.69, 9.17) is 11.6 Å². The molecule has 2 amide bonds. The van der Waals surface area contributed by atoms with Crippen LogP contribution in [0.2, 0.25) is 5.02 Å². The van der Waals surface area contributed by atoms with Crippen LogP contribution in [0.4, 0.5) is 0 Å². The SMILES string of the molecule is Cn1cccc1C(=O)NC(=O)CSc1nccn1-c1cccc(Cl)c1. The molecule has 3 rings (SSSR count). The van der Waals surface area contributed by atoms with Gasteiger partial charge in [-0.25, -0.2) is 4.98 Å². The van der Waals surface area contributed by atoms with Gasteiger partial charge in [0.1, 0.15) is 5.69 Å². The summed E-state index contributed by atoms with van der Waals surface area (Å²) in [7, 11) is 1.75. The number of halogens is 1. The van der Waals surface area contributed by atoms with E-state index in [9.17, 15) is 9.59 Å². The Bertz CT molecular complexity index is 919. The number of rotatable bonds is 5. The maximum Gasteiger partial charge on any atom is 0.274 e. The Morgan fingerprint density at radius 1 is 1.24 bits per heavy atom. The molecule has 0 saturated heterocycles. The summed E-state index contributed by atoms with van der Waals surface area (Å²) < 4.78 is 3.49. The maximum atomic E-state index is 12.0. The number of imide groups is 1. The number of amides is 2. The molecule has 0 unspecified atom stereocenters. The van der Waals surface area contributed by atoms with Crippen LogP contribution < -0.4 is 5.32 Å². The standard InChI is InChI=1S/C17H15ClN4O2S/c1-21-8-3-6-14(21)16(24)20-15(23)11-25-17-19-7-9-22(17)13-5-2-4-12(18)10-13/h2-10H,11H2,1H3,(H,20,23,24). The number of hydrogen-bond acceptors (Lipinski definition) is 4. The number of carbonyl (C=O) groups is 2. The van der Waals surface area contributed by atoms with Gasteiger partial charge in [-0.2, -0.15) is 0 Å². The molecule has 0 aliphatic heterocycles. The zero-order valence-electron chi connectivity index (χ0n) is 13.3. The van der Waals surface area contributed by atoms with Crippen LogP contribution in [0.15, 0.2) is 60.1 Å². The molecule has 0 bridgehead atoms. The molecule has 0 fully saturated rings. The summed E-state index contributed by atoms with van der Waals surface area (Å²) in [4.78, 5) is 28.3. The normalized spacial score (nSPS) is 10.6. The maximum absolute atomic E-state index is 12.0. The summed E-state index contributed by atoms with van der Waals surface area (Å²) in [6, 6.07) is 10.7. The van der Waals surface area contributed by atoms with Gasteiger partial charge in [0.2, 0.25) is 5.91 Å². The lowest BCUT2D eigenvalue weighted by Crippen LogP contribution is -2.33. The van der Waals surface area contributed by atoms with Gasteiger partial charge < -0.3 is 4.57 Å². The minimum atomic E-state index is -0.420. The van der Waals surface area contributed by atoms with Crippen molar-refractivity contribution in [2.24, 2.45) is 7.05 Å². The topological polar surface area (TPSA) is 68.9 Å². The highest BCUT2D eigenvalue weighted by atomic mass is 35.5. The summed E-state index contributed by atoms with van der Waals surface area (Å²) in [6.07, 6.45) is 5.19. The number of thioether (sulfide) groups is 1. The smallest absolute Gasteiger partial charge is 0.274 e. The Labute approximate surface area is 153 Å². The Balaban J connectivity index is 1.63. The van der Waals surface area contributed by atoms with E-state index in [1.807, 2.05) is 22.8 Å². The highest BCUT2D eigenvalue weighted by molar-refractivity contribution is 7.99. The molecule has 0 radical (unpaired) electrons. The fourth-order valence-corrected chi connectivity index (χ4v) is 3.23. The van der Waals surface area contributed by atoms with Crippen molar-refractivity contribution in [2.45, 2.75) is 5.16 Å². The van der Waals surface area contributed by atoms with E-state index in [0.717, 1.165) is 5.69 Å². The average molecular weight is 375 g/mol. The average Bonchev–Trinajstić information content (AvgIpc) is 3.21. The molecule has 0 atom stereocenters. The van der Waals surface area contributed by atoms with E-state index in [-0.39, 0.29) is 11.7 Å². The lowest BCUT2D eigenvalue weighted by molar-refractivity contribution is -0.117. The lowest BCUT2D eigenvalue weighted by Gasteiger charge is -2.08. The van der Waals surface area contributed by atoms with Crippen LogP contribution in [0.25, 0.3) is 5.69 Å². The third-order valence-electron chi connectivity index (χ3n) is 3.45. The number of carbonyl (C=O) groups excluding carboxylic acids is 2. The van der Waals surface area contributed by atoms with Crippen molar-refractivity contribution >= 4 is 35.2 Å². The molecule has 0 spiro atoms. The van der Waals surface area contributed by atoms with E-state index in [1.165, 1.54) is 11.8 Å². The molecular formula is C17H15ClN4O2S. The Morgan fingerprint density at radius 2 is 2.08 bits per heavy atom. The first-order chi connectivity index (χ1) is 12.0. The van der Waals surface area contributed by atoms with Crippen LogP contribution >= 0.6 is 23.4 Å². The van der Waals surface area contributed by atoms with Crippen molar-refractivity contribution < 1.29 is 9.59 Å². The predicted octanol–water partition coefficient (Wildman–Crippen LogP) is 2.91. The molecule has 0 aliphatic rings. The van der Waals surface area contributed by atoms with Gasteiger partial charge in [0.25, 0.3) is 5.91 Å². The Hall–Kier alpha value is -2.51.